The molecule has 0 rings (SSSR count). The van der Waals surface area contributed by atoms with Crippen LogP contribution in [0.25, 0.3) is 0 Å². The third-order valence-electron chi connectivity index (χ3n) is 7.45. The van der Waals surface area contributed by atoms with Gasteiger partial charge in [0.25, 0.3) is 0 Å². The summed E-state index contributed by atoms with van der Waals surface area (Å²) in [5.74, 6) is 0. The third kappa shape index (κ3) is 32.8. The average Bonchev–Trinajstić information content (AvgIpc) is 2.92. The van der Waals surface area contributed by atoms with Crippen LogP contribution >= 0.6 is 0 Å². The summed E-state index contributed by atoms with van der Waals surface area (Å²) in [5.41, 5.74) is 0. The van der Waals surface area contributed by atoms with Crippen molar-refractivity contribution in [2.45, 2.75) is 181 Å². The van der Waals surface area contributed by atoms with Crippen molar-refractivity contribution in [1.82, 2.24) is 10.6 Å². The first-order chi connectivity index (χ1) is 18.8. The maximum absolute atomic E-state index is 11.9. The molecule has 0 aliphatic heterocycles. The predicted molar refractivity (Wildman–Crippen MR) is 171 cm³/mol. The van der Waals surface area contributed by atoms with Gasteiger partial charge in [-0.2, -0.15) is 0 Å². The quantitative estimate of drug-likeness (QED) is 0.0700. The van der Waals surface area contributed by atoms with Crippen LogP contribution in [0.15, 0.2) is 24.3 Å². The number of nitrogens with one attached hydrogen (secondary N) is 2. The molecule has 3 heteroatoms. The molecule has 224 valence electrons. The summed E-state index contributed by atoms with van der Waals surface area (Å²) in [4.78, 5) is 11.9. The van der Waals surface area contributed by atoms with Crippen molar-refractivity contribution in [3.05, 3.63) is 24.3 Å². The lowest BCUT2D eigenvalue weighted by Gasteiger charge is -2.07. The standard InChI is InChI=1S/C35H68N2O/c1-3-5-7-9-11-13-15-17-19-21-23-25-27-29-31-33-36-35(38)37-34-32-30-28-26-24-22-20-18-16-14-12-10-8-6-4-2/h17-20H,3-16,21-34H2,1-2H3,(H2,36,37,38)/b19-17+,20-18+. The van der Waals surface area contributed by atoms with Crippen LogP contribution in [-0.2, 0) is 0 Å². The highest BCUT2D eigenvalue weighted by atomic mass is 16.2. The van der Waals surface area contributed by atoms with Gasteiger partial charge in [0.15, 0.2) is 0 Å². The molecular weight excluding hydrogens is 464 g/mol. The van der Waals surface area contributed by atoms with E-state index in [2.05, 4.69) is 48.8 Å². The summed E-state index contributed by atoms with van der Waals surface area (Å²) in [6.45, 7) is 6.16. The first kappa shape index (κ1) is 36.8. The Balaban J connectivity index is 3.23. The minimum absolute atomic E-state index is 0.0102. The molecule has 3 nitrogen and oxygen atoms in total. The summed E-state index contributed by atoms with van der Waals surface area (Å²) in [6.07, 6.45) is 43.6. The van der Waals surface area contributed by atoms with Crippen molar-refractivity contribution < 1.29 is 4.79 Å². The van der Waals surface area contributed by atoms with Crippen LogP contribution in [0.3, 0.4) is 0 Å². The van der Waals surface area contributed by atoms with Crippen molar-refractivity contribution in [2.24, 2.45) is 0 Å². The highest BCUT2D eigenvalue weighted by Gasteiger charge is 1.99. The molecule has 0 aliphatic rings. The Morgan fingerprint density at radius 3 is 0.974 bits per heavy atom. The maximum Gasteiger partial charge on any atom is 0.314 e. The van der Waals surface area contributed by atoms with Gasteiger partial charge in [0, 0.05) is 13.1 Å². The molecule has 0 spiro atoms. The third-order valence-corrected chi connectivity index (χ3v) is 7.45. The van der Waals surface area contributed by atoms with Gasteiger partial charge in [-0.15, -0.1) is 0 Å². The normalized spacial score (nSPS) is 11.6. The minimum Gasteiger partial charge on any atom is -0.338 e. The van der Waals surface area contributed by atoms with Crippen molar-refractivity contribution in [1.29, 1.82) is 0 Å². The van der Waals surface area contributed by atoms with Crippen molar-refractivity contribution in [2.75, 3.05) is 13.1 Å². The number of amides is 2. The number of carbonyl (C=O) groups excluding carboxylic acids is 1. The zero-order chi connectivity index (χ0) is 27.6. The van der Waals surface area contributed by atoms with Crippen LogP contribution in [0.4, 0.5) is 4.79 Å². The molecule has 38 heavy (non-hydrogen) atoms. The molecule has 2 N–H and O–H groups in total. The molecule has 0 fully saturated rings. The van der Waals surface area contributed by atoms with Gasteiger partial charge in [-0.3, -0.25) is 0 Å². The van der Waals surface area contributed by atoms with Gasteiger partial charge in [-0.25, -0.2) is 4.79 Å². The smallest absolute Gasteiger partial charge is 0.314 e. The second kappa shape index (κ2) is 33.8. The summed E-state index contributed by atoms with van der Waals surface area (Å²) in [5, 5.41) is 6.03. The van der Waals surface area contributed by atoms with E-state index in [1.807, 2.05) is 0 Å². The number of rotatable bonds is 30. The Morgan fingerprint density at radius 1 is 0.395 bits per heavy atom. The summed E-state index contributed by atoms with van der Waals surface area (Å²) in [7, 11) is 0. The van der Waals surface area contributed by atoms with Crippen LogP contribution in [-0.4, -0.2) is 19.1 Å². The van der Waals surface area contributed by atoms with E-state index < -0.39 is 0 Å². The van der Waals surface area contributed by atoms with Crippen LogP contribution < -0.4 is 10.6 Å². The second-order valence-corrected chi connectivity index (χ2v) is 11.4. The molecule has 0 saturated carbocycles. The maximum atomic E-state index is 11.9. The van der Waals surface area contributed by atoms with E-state index >= 15 is 0 Å². The molecule has 0 aromatic heterocycles. The lowest BCUT2D eigenvalue weighted by Crippen LogP contribution is -2.36. The largest absolute Gasteiger partial charge is 0.338 e. The Kier molecular flexibility index (Phi) is 32.7. The topological polar surface area (TPSA) is 41.1 Å². The molecule has 0 saturated heterocycles. The summed E-state index contributed by atoms with van der Waals surface area (Å²) in [6, 6.07) is 0.0102. The van der Waals surface area contributed by atoms with E-state index in [1.54, 1.807) is 0 Å². The fraction of sp³-hybridized carbons (Fsp3) is 0.857. The van der Waals surface area contributed by atoms with Crippen LogP contribution in [0.1, 0.15) is 181 Å². The van der Waals surface area contributed by atoms with Gasteiger partial charge in [0.2, 0.25) is 0 Å². The molecule has 0 bridgehead atoms. The van der Waals surface area contributed by atoms with E-state index in [9.17, 15) is 4.79 Å². The van der Waals surface area contributed by atoms with Crippen molar-refractivity contribution in [3.63, 3.8) is 0 Å². The molecule has 0 aromatic rings. The van der Waals surface area contributed by atoms with E-state index in [1.165, 1.54) is 154 Å². The fourth-order valence-corrected chi connectivity index (χ4v) is 4.86. The number of hydrogen-bond donors (Lipinski definition) is 2. The molecule has 0 unspecified atom stereocenters. The number of urea groups is 1. The second-order valence-electron chi connectivity index (χ2n) is 11.4. The Hall–Kier alpha value is -1.25. The van der Waals surface area contributed by atoms with Gasteiger partial charge in [0.05, 0.1) is 0 Å². The lowest BCUT2D eigenvalue weighted by atomic mass is 10.1. The Bertz CT molecular complexity index is 470. The first-order valence-electron chi connectivity index (χ1n) is 17.1. The van der Waals surface area contributed by atoms with Gasteiger partial charge in [0.1, 0.15) is 0 Å². The molecule has 0 atom stereocenters. The Morgan fingerprint density at radius 2 is 0.658 bits per heavy atom. The zero-order valence-electron chi connectivity index (χ0n) is 26.0. The van der Waals surface area contributed by atoms with Crippen LogP contribution in [0, 0.1) is 0 Å². The number of unbranched alkanes of at least 4 members (excludes halogenated alkanes) is 22. The predicted octanol–water partition coefficient (Wildman–Crippen LogP) is 11.6. The van der Waals surface area contributed by atoms with Crippen LogP contribution in [0.2, 0.25) is 0 Å². The van der Waals surface area contributed by atoms with E-state index in [0.29, 0.717) is 0 Å². The highest BCUT2D eigenvalue weighted by molar-refractivity contribution is 5.73. The monoisotopic (exact) mass is 533 g/mol. The van der Waals surface area contributed by atoms with E-state index in [0.717, 1.165) is 25.9 Å². The number of carbonyl (C=O) groups is 1. The van der Waals surface area contributed by atoms with Gasteiger partial charge in [-0.05, 0) is 64.2 Å². The number of allylic oxidation sites excluding steroid dienone is 4. The molecule has 0 aromatic carbocycles. The summed E-state index contributed by atoms with van der Waals surface area (Å²) >= 11 is 0. The summed E-state index contributed by atoms with van der Waals surface area (Å²) < 4.78 is 0. The molecular formula is C35H68N2O. The van der Waals surface area contributed by atoms with Gasteiger partial charge in [-0.1, -0.05) is 141 Å². The molecule has 0 aliphatic carbocycles. The van der Waals surface area contributed by atoms with E-state index in [4.69, 9.17) is 0 Å². The highest BCUT2D eigenvalue weighted by Crippen LogP contribution is 2.10. The zero-order valence-corrected chi connectivity index (χ0v) is 26.0. The van der Waals surface area contributed by atoms with Crippen molar-refractivity contribution >= 4 is 6.03 Å². The van der Waals surface area contributed by atoms with Gasteiger partial charge >= 0.3 is 6.03 Å². The van der Waals surface area contributed by atoms with Crippen molar-refractivity contribution in [3.8, 4) is 0 Å². The molecule has 0 heterocycles. The number of hydrogen-bond acceptors (Lipinski definition) is 1. The molecule has 0 radical (unpaired) electrons. The SMILES string of the molecule is CCCCCCCC/C=C/CCCCCCCNC(=O)NCCCCCCC/C=C/CCCCCCCC. The average molecular weight is 533 g/mol. The minimum atomic E-state index is 0.0102. The van der Waals surface area contributed by atoms with E-state index in [-0.39, 0.29) is 6.03 Å². The Labute approximate surface area is 239 Å². The fourth-order valence-electron chi connectivity index (χ4n) is 4.86. The molecule has 2 amide bonds. The van der Waals surface area contributed by atoms with Crippen LogP contribution in [0.5, 0.6) is 0 Å². The lowest BCUT2D eigenvalue weighted by molar-refractivity contribution is 0.240. The van der Waals surface area contributed by atoms with Gasteiger partial charge < -0.3 is 10.6 Å². The first-order valence-corrected chi connectivity index (χ1v) is 17.1.